The summed E-state index contributed by atoms with van der Waals surface area (Å²) in [5.74, 6) is -0.0899. The smallest absolute Gasteiger partial charge is 0.414 e. The van der Waals surface area contributed by atoms with Gasteiger partial charge in [-0.1, -0.05) is 0 Å². The standard InChI is InChI=1S/C22H20FN7O4/c1-22(2)19(31)28-18-15(34-22)7-8-16(27-18)26-17-14(23)11-24-20(29-17)25-12-3-5-13(6-4-12)30-9-10-33-21(30)32/h3-8,11H,9-10H2,1-2H3,(H3,24,25,26,27,28,29,31). The summed E-state index contributed by atoms with van der Waals surface area (Å²) in [7, 11) is 0. The summed E-state index contributed by atoms with van der Waals surface area (Å²) >= 11 is 0. The average Bonchev–Trinajstić information content (AvgIpc) is 3.23. The van der Waals surface area contributed by atoms with E-state index in [1.54, 1.807) is 50.2 Å². The number of pyridine rings is 1. The second-order valence-electron chi connectivity index (χ2n) is 8.06. The van der Waals surface area contributed by atoms with E-state index in [1.165, 1.54) is 4.90 Å². The van der Waals surface area contributed by atoms with Gasteiger partial charge in [0, 0.05) is 11.4 Å². The first kappa shape index (κ1) is 21.4. The van der Waals surface area contributed by atoms with Gasteiger partial charge in [-0.05, 0) is 50.2 Å². The summed E-state index contributed by atoms with van der Waals surface area (Å²) in [5, 5.41) is 8.46. The number of cyclic esters (lactones) is 1. The second kappa shape index (κ2) is 8.14. The minimum absolute atomic E-state index is 0.107. The number of hydrogen-bond acceptors (Lipinski definition) is 9. The van der Waals surface area contributed by atoms with Crippen LogP contribution in [0.3, 0.4) is 0 Å². The van der Waals surface area contributed by atoms with Gasteiger partial charge in [0.15, 0.2) is 28.8 Å². The molecule has 4 heterocycles. The molecular weight excluding hydrogens is 445 g/mol. The Kier molecular flexibility index (Phi) is 5.11. The summed E-state index contributed by atoms with van der Waals surface area (Å²) in [4.78, 5) is 37.7. The highest BCUT2D eigenvalue weighted by Gasteiger charge is 2.36. The van der Waals surface area contributed by atoms with Crippen LogP contribution in [-0.2, 0) is 9.53 Å². The van der Waals surface area contributed by atoms with Crippen molar-refractivity contribution in [3.63, 3.8) is 0 Å². The lowest BCUT2D eigenvalue weighted by Crippen LogP contribution is -2.46. The maximum atomic E-state index is 14.4. The highest BCUT2D eigenvalue weighted by atomic mass is 19.1. The van der Waals surface area contributed by atoms with Crippen LogP contribution in [0.2, 0.25) is 0 Å². The molecule has 1 aromatic carbocycles. The van der Waals surface area contributed by atoms with E-state index in [9.17, 15) is 14.0 Å². The fourth-order valence-corrected chi connectivity index (χ4v) is 3.39. The van der Waals surface area contributed by atoms with Gasteiger partial charge in [-0.2, -0.15) is 4.98 Å². The van der Waals surface area contributed by atoms with Crippen LogP contribution >= 0.6 is 0 Å². The number of ether oxygens (including phenoxy) is 2. The molecule has 2 aliphatic heterocycles. The first-order chi connectivity index (χ1) is 16.3. The first-order valence-electron chi connectivity index (χ1n) is 10.4. The van der Waals surface area contributed by atoms with Crippen LogP contribution in [0.5, 0.6) is 5.75 Å². The third-order valence-electron chi connectivity index (χ3n) is 5.19. The van der Waals surface area contributed by atoms with E-state index in [1.807, 2.05) is 0 Å². The van der Waals surface area contributed by atoms with Crippen molar-refractivity contribution in [3.8, 4) is 5.75 Å². The minimum Gasteiger partial charge on any atom is -0.474 e. The number of carbonyl (C=O) groups is 2. The van der Waals surface area contributed by atoms with Gasteiger partial charge >= 0.3 is 6.09 Å². The SMILES string of the molecule is CC1(C)Oc2ccc(Nc3nc(Nc4ccc(N5CCOC5=O)cc4)ncc3F)nc2NC1=O. The van der Waals surface area contributed by atoms with Gasteiger partial charge in [0.05, 0.1) is 12.7 Å². The zero-order valence-corrected chi connectivity index (χ0v) is 18.3. The van der Waals surface area contributed by atoms with Crippen molar-refractivity contribution in [2.45, 2.75) is 19.4 Å². The van der Waals surface area contributed by atoms with Crippen LogP contribution in [0.1, 0.15) is 13.8 Å². The summed E-state index contributed by atoms with van der Waals surface area (Å²) < 4.78 is 25.0. The lowest BCUT2D eigenvalue weighted by atomic mass is 10.1. The molecule has 1 saturated heterocycles. The number of aromatic nitrogens is 3. The third kappa shape index (κ3) is 4.12. The highest BCUT2D eigenvalue weighted by Crippen LogP contribution is 2.33. The first-order valence-corrected chi connectivity index (χ1v) is 10.4. The number of fused-ring (bicyclic) bond motifs is 1. The molecule has 0 radical (unpaired) electrons. The van der Waals surface area contributed by atoms with Crippen molar-refractivity contribution in [1.29, 1.82) is 0 Å². The Morgan fingerprint density at radius 2 is 1.88 bits per heavy atom. The second-order valence-corrected chi connectivity index (χ2v) is 8.06. The number of rotatable bonds is 5. The largest absolute Gasteiger partial charge is 0.474 e. The van der Waals surface area contributed by atoms with Crippen LogP contribution in [0.4, 0.5) is 44.0 Å². The topological polar surface area (TPSA) is 131 Å². The Morgan fingerprint density at radius 1 is 1.09 bits per heavy atom. The molecule has 0 atom stereocenters. The molecule has 0 bridgehead atoms. The molecule has 3 N–H and O–H groups in total. The van der Waals surface area contributed by atoms with Crippen molar-refractivity contribution in [1.82, 2.24) is 15.0 Å². The van der Waals surface area contributed by atoms with Crippen LogP contribution in [0.15, 0.2) is 42.6 Å². The molecular formula is C22H20FN7O4. The van der Waals surface area contributed by atoms with E-state index < -0.39 is 11.4 Å². The Hall–Kier alpha value is -4.48. The van der Waals surface area contributed by atoms with Crippen molar-refractivity contribution in [3.05, 3.63) is 48.4 Å². The van der Waals surface area contributed by atoms with Crippen molar-refractivity contribution in [2.75, 3.05) is 34.0 Å². The molecule has 1 fully saturated rings. The molecule has 0 saturated carbocycles. The number of anilines is 6. The summed E-state index contributed by atoms with van der Waals surface area (Å²) in [5.41, 5.74) is 0.329. The molecule has 2 amide bonds. The van der Waals surface area contributed by atoms with Gasteiger partial charge in [0.1, 0.15) is 12.4 Å². The molecule has 34 heavy (non-hydrogen) atoms. The normalized spacial score (nSPS) is 16.3. The zero-order valence-electron chi connectivity index (χ0n) is 18.3. The zero-order chi connectivity index (χ0) is 23.9. The van der Waals surface area contributed by atoms with E-state index in [0.29, 0.717) is 30.3 Å². The fraction of sp³-hybridized carbons (Fsp3) is 0.227. The Bertz CT molecular complexity index is 1280. The number of hydrogen-bond donors (Lipinski definition) is 3. The van der Waals surface area contributed by atoms with Gasteiger partial charge in [-0.25, -0.2) is 19.2 Å². The Labute approximate surface area is 193 Å². The van der Waals surface area contributed by atoms with E-state index in [2.05, 4.69) is 30.9 Å². The van der Waals surface area contributed by atoms with Crippen LogP contribution in [0.25, 0.3) is 0 Å². The van der Waals surface area contributed by atoms with Crippen molar-refractivity contribution in [2.24, 2.45) is 0 Å². The van der Waals surface area contributed by atoms with Gasteiger partial charge < -0.3 is 25.4 Å². The number of benzene rings is 1. The van der Waals surface area contributed by atoms with E-state index in [0.717, 1.165) is 6.20 Å². The maximum Gasteiger partial charge on any atom is 0.414 e. The predicted octanol–water partition coefficient (Wildman–Crippen LogP) is 3.56. The molecule has 11 nitrogen and oxygen atoms in total. The molecule has 174 valence electrons. The molecule has 0 aliphatic carbocycles. The lowest BCUT2D eigenvalue weighted by molar-refractivity contribution is -0.129. The van der Waals surface area contributed by atoms with Gasteiger partial charge in [0.2, 0.25) is 5.95 Å². The predicted molar refractivity (Wildman–Crippen MR) is 121 cm³/mol. The monoisotopic (exact) mass is 465 g/mol. The number of amides is 2. The average molecular weight is 465 g/mol. The van der Waals surface area contributed by atoms with Crippen molar-refractivity contribution >= 4 is 46.8 Å². The van der Waals surface area contributed by atoms with Gasteiger partial charge in [0.25, 0.3) is 5.91 Å². The molecule has 0 spiro atoms. The van der Waals surface area contributed by atoms with E-state index >= 15 is 0 Å². The van der Waals surface area contributed by atoms with Crippen molar-refractivity contribution < 1.29 is 23.5 Å². The fourth-order valence-electron chi connectivity index (χ4n) is 3.39. The van der Waals surface area contributed by atoms with E-state index in [4.69, 9.17) is 9.47 Å². The molecule has 12 heteroatoms. The summed E-state index contributed by atoms with van der Waals surface area (Å²) in [6.07, 6.45) is 0.641. The number of halogens is 1. The summed E-state index contributed by atoms with van der Waals surface area (Å²) in [6.45, 7) is 4.15. The lowest BCUT2D eigenvalue weighted by Gasteiger charge is -2.30. The molecule has 0 unspecified atom stereocenters. The minimum atomic E-state index is -1.01. The quantitative estimate of drug-likeness (QED) is 0.518. The van der Waals surface area contributed by atoms with Gasteiger partial charge in [-0.3, -0.25) is 9.69 Å². The number of nitrogens with zero attached hydrogens (tertiary/aromatic N) is 4. The summed E-state index contributed by atoms with van der Waals surface area (Å²) in [6, 6.07) is 10.2. The molecule has 2 aromatic heterocycles. The third-order valence-corrected chi connectivity index (χ3v) is 5.19. The van der Waals surface area contributed by atoms with Gasteiger partial charge in [-0.15, -0.1) is 0 Å². The number of carbonyl (C=O) groups excluding carboxylic acids is 2. The number of nitrogens with one attached hydrogen (secondary N) is 3. The van der Waals surface area contributed by atoms with Crippen LogP contribution < -0.4 is 25.6 Å². The molecule has 5 rings (SSSR count). The Morgan fingerprint density at radius 3 is 2.62 bits per heavy atom. The molecule has 2 aliphatic rings. The maximum absolute atomic E-state index is 14.4. The van der Waals surface area contributed by atoms with Crippen LogP contribution in [0, 0.1) is 5.82 Å². The highest BCUT2D eigenvalue weighted by molar-refractivity contribution is 5.99. The molecule has 3 aromatic rings. The Balaban J connectivity index is 1.31. The van der Waals surface area contributed by atoms with E-state index in [-0.39, 0.29) is 35.4 Å². The van der Waals surface area contributed by atoms with Crippen LogP contribution in [-0.4, -0.2) is 45.7 Å².